The highest BCUT2D eigenvalue weighted by molar-refractivity contribution is 5.59. The molecule has 0 saturated carbocycles. The maximum Gasteiger partial charge on any atom is 0.154 e. The van der Waals surface area contributed by atoms with E-state index in [4.69, 9.17) is 0 Å². The highest BCUT2D eigenvalue weighted by Gasteiger charge is 2.48. The molecule has 5 heteroatoms. The van der Waals surface area contributed by atoms with E-state index in [1.807, 2.05) is 30.3 Å². The van der Waals surface area contributed by atoms with Crippen molar-refractivity contribution in [2.45, 2.75) is 24.8 Å². The lowest BCUT2D eigenvalue weighted by molar-refractivity contribution is 0.0189. The van der Waals surface area contributed by atoms with Crippen molar-refractivity contribution in [1.29, 1.82) is 0 Å². The minimum absolute atomic E-state index is 0.232. The molecule has 3 saturated heterocycles. The predicted octanol–water partition coefficient (Wildman–Crippen LogP) is 2.85. The minimum Gasteiger partial charge on any atom is -0.365 e. The predicted molar refractivity (Wildman–Crippen MR) is 98.8 cm³/mol. The number of fused-ring (bicyclic) bond motifs is 2. The molecule has 0 radical (unpaired) electrons. The van der Waals surface area contributed by atoms with Gasteiger partial charge >= 0.3 is 0 Å². The van der Waals surface area contributed by atoms with Crippen LogP contribution in [0.4, 0.5) is 5.82 Å². The minimum atomic E-state index is 0.232. The van der Waals surface area contributed by atoms with E-state index in [1.165, 1.54) is 25.9 Å². The molecule has 25 heavy (non-hydrogen) atoms. The monoisotopic (exact) mass is 333 g/mol. The molecule has 2 aromatic rings. The Morgan fingerprint density at radius 2 is 1.88 bits per heavy atom. The second-order valence-electron chi connectivity index (χ2n) is 7.45. The third-order valence-electron chi connectivity index (χ3n) is 5.93. The molecule has 5 heterocycles. The summed E-state index contributed by atoms with van der Waals surface area (Å²) in [7, 11) is 0. The molecule has 1 spiro atoms. The third-order valence-corrected chi connectivity index (χ3v) is 5.93. The van der Waals surface area contributed by atoms with Gasteiger partial charge in [-0.3, -0.25) is 0 Å². The number of hydrogen-bond donors (Lipinski definition) is 2. The van der Waals surface area contributed by atoms with Crippen molar-refractivity contribution in [1.82, 2.24) is 20.4 Å². The summed E-state index contributed by atoms with van der Waals surface area (Å²) in [5.41, 5.74) is 2.22. The maximum atomic E-state index is 4.36. The second-order valence-corrected chi connectivity index (χ2v) is 7.45. The number of nitrogens with one attached hydrogen (secondary N) is 2. The average Bonchev–Trinajstić information content (AvgIpc) is 3.06. The zero-order chi connectivity index (χ0) is 16.7. The number of aromatic nitrogens is 2. The molecular formula is C20H23N5. The van der Waals surface area contributed by atoms with Gasteiger partial charge in [0.2, 0.25) is 0 Å². The van der Waals surface area contributed by atoms with Crippen LogP contribution in [0.15, 0.2) is 54.4 Å². The van der Waals surface area contributed by atoms with Gasteiger partial charge in [0.05, 0.1) is 11.2 Å². The maximum absolute atomic E-state index is 4.36. The molecule has 4 aliphatic heterocycles. The lowest BCUT2D eigenvalue weighted by Gasteiger charge is -2.52. The molecule has 3 fully saturated rings. The summed E-state index contributed by atoms with van der Waals surface area (Å²) >= 11 is 0. The first kappa shape index (κ1) is 14.9. The fourth-order valence-corrected chi connectivity index (χ4v) is 4.58. The number of piperidine rings is 3. The van der Waals surface area contributed by atoms with Crippen LogP contribution in [0.1, 0.15) is 19.3 Å². The van der Waals surface area contributed by atoms with E-state index in [1.54, 1.807) is 0 Å². The Kier molecular flexibility index (Phi) is 3.48. The van der Waals surface area contributed by atoms with E-state index in [0.717, 1.165) is 41.8 Å². The first-order valence-corrected chi connectivity index (χ1v) is 9.18. The summed E-state index contributed by atoms with van der Waals surface area (Å²) in [6.45, 7) is 3.70. The Balaban J connectivity index is 1.27. The molecule has 2 N–H and O–H groups in total. The van der Waals surface area contributed by atoms with E-state index in [9.17, 15) is 0 Å². The van der Waals surface area contributed by atoms with Crippen molar-refractivity contribution < 1.29 is 0 Å². The van der Waals surface area contributed by atoms with Crippen LogP contribution < -0.4 is 10.6 Å². The molecule has 5 nitrogen and oxygen atoms in total. The van der Waals surface area contributed by atoms with Gasteiger partial charge in [0.15, 0.2) is 5.82 Å². The first-order chi connectivity index (χ1) is 12.3. The van der Waals surface area contributed by atoms with E-state index in [-0.39, 0.29) is 5.54 Å². The van der Waals surface area contributed by atoms with E-state index >= 15 is 0 Å². The zero-order valence-electron chi connectivity index (χ0n) is 14.3. The van der Waals surface area contributed by atoms with Gasteiger partial charge in [-0.15, -0.1) is 10.2 Å². The molecule has 0 unspecified atom stereocenters. The molecule has 2 bridgehead atoms. The smallest absolute Gasteiger partial charge is 0.154 e. The zero-order valence-corrected chi connectivity index (χ0v) is 14.3. The van der Waals surface area contributed by atoms with Crippen LogP contribution in [-0.4, -0.2) is 40.3 Å². The summed E-state index contributed by atoms with van der Waals surface area (Å²) in [4.78, 5) is 2.60. The first-order valence-electron chi connectivity index (χ1n) is 9.18. The van der Waals surface area contributed by atoms with Crippen LogP contribution in [0.25, 0.3) is 11.3 Å². The molecule has 0 aliphatic carbocycles. The van der Waals surface area contributed by atoms with Gasteiger partial charge in [-0.05, 0) is 56.5 Å². The highest BCUT2D eigenvalue weighted by atomic mass is 15.3. The largest absolute Gasteiger partial charge is 0.365 e. The van der Waals surface area contributed by atoms with Crippen molar-refractivity contribution in [2.75, 3.05) is 25.0 Å². The SMILES string of the molecule is C1=C(Nc2ccc(-c3ccccc3)nn2)N[C@@]2(C1)CN1CCC2CC1. The molecule has 0 amide bonds. The van der Waals surface area contributed by atoms with Crippen LogP contribution in [0.2, 0.25) is 0 Å². The Hall–Kier alpha value is -2.40. The topological polar surface area (TPSA) is 53.1 Å². The molecule has 6 rings (SSSR count). The van der Waals surface area contributed by atoms with Gasteiger partial charge in [-0.25, -0.2) is 0 Å². The van der Waals surface area contributed by atoms with Crippen LogP contribution in [0.3, 0.4) is 0 Å². The van der Waals surface area contributed by atoms with Crippen LogP contribution in [-0.2, 0) is 0 Å². The Morgan fingerprint density at radius 3 is 2.56 bits per heavy atom. The molecule has 1 aromatic carbocycles. The lowest BCUT2D eigenvalue weighted by Crippen LogP contribution is -2.64. The number of rotatable bonds is 3. The number of benzene rings is 1. The van der Waals surface area contributed by atoms with Crippen molar-refractivity contribution in [2.24, 2.45) is 5.92 Å². The van der Waals surface area contributed by atoms with Gasteiger partial charge < -0.3 is 15.5 Å². The molecular weight excluding hydrogens is 310 g/mol. The summed E-state index contributed by atoms with van der Waals surface area (Å²) in [6, 6.07) is 14.2. The van der Waals surface area contributed by atoms with E-state index in [2.05, 4.69) is 43.9 Å². The standard InChI is InChI=1S/C20H23N5/c1-2-4-15(5-3-1)17-6-7-19(24-23-17)21-18-8-11-20(22-18)14-25-12-9-16(20)10-13-25/h1-8,16,22H,9-14H2,(H,21,24)/t20-/m0/s1. The van der Waals surface area contributed by atoms with Gasteiger partial charge in [0, 0.05) is 12.1 Å². The lowest BCUT2D eigenvalue weighted by atomic mass is 9.72. The van der Waals surface area contributed by atoms with E-state index in [0.29, 0.717) is 0 Å². The van der Waals surface area contributed by atoms with Crippen molar-refractivity contribution in [3.63, 3.8) is 0 Å². The fraction of sp³-hybridized carbons (Fsp3) is 0.400. The normalized spacial score (nSPS) is 30.2. The van der Waals surface area contributed by atoms with E-state index < -0.39 is 0 Å². The van der Waals surface area contributed by atoms with Crippen LogP contribution in [0.5, 0.6) is 0 Å². The molecule has 128 valence electrons. The fourth-order valence-electron chi connectivity index (χ4n) is 4.58. The summed E-state index contributed by atoms with van der Waals surface area (Å²) in [5, 5.41) is 15.9. The summed E-state index contributed by atoms with van der Waals surface area (Å²) < 4.78 is 0. The highest BCUT2D eigenvalue weighted by Crippen LogP contribution is 2.41. The van der Waals surface area contributed by atoms with Crippen LogP contribution >= 0.6 is 0 Å². The molecule has 1 atom stereocenters. The van der Waals surface area contributed by atoms with Gasteiger partial charge in [-0.1, -0.05) is 30.3 Å². The van der Waals surface area contributed by atoms with Crippen molar-refractivity contribution >= 4 is 5.82 Å². The molecule has 4 aliphatic rings. The number of anilines is 1. The van der Waals surface area contributed by atoms with Crippen molar-refractivity contribution in [3.8, 4) is 11.3 Å². The number of hydrogen-bond acceptors (Lipinski definition) is 5. The Bertz CT molecular complexity index is 777. The third kappa shape index (κ3) is 2.68. The quantitative estimate of drug-likeness (QED) is 0.905. The summed E-state index contributed by atoms with van der Waals surface area (Å²) in [5.74, 6) is 2.66. The average molecular weight is 333 g/mol. The Labute approximate surface area is 148 Å². The Morgan fingerprint density at radius 1 is 1.04 bits per heavy atom. The summed E-state index contributed by atoms with van der Waals surface area (Å²) in [6.07, 6.45) is 6.03. The van der Waals surface area contributed by atoms with Crippen LogP contribution in [0, 0.1) is 5.92 Å². The molecule has 1 aromatic heterocycles. The number of nitrogens with zero attached hydrogens (tertiary/aromatic N) is 3. The van der Waals surface area contributed by atoms with Gasteiger partial charge in [-0.2, -0.15) is 0 Å². The second kappa shape index (κ2) is 5.85. The van der Waals surface area contributed by atoms with Crippen molar-refractivity contribution in [3.05, 3.63) is 54.4 Å². The van der Waals surface area contributed by atoms with Gasteiger partial charge in [0.1, 0.15) is 5.82 Å². The van der Waals surface area contributed by atoms with Gasteiger partial charge in [0.25, 0.3) is 0 Å².